The van der Waals surface area contributed by atoms with E-state index < -0.39 is 29.8 Å². The van der Waals surface area contributed by atoms with Gasteiger partial charge in [0.05, 0.1) is 24.3 Å². The lowest BCUT2D eigenvalue weighted by atomic mass is 9.93. The van der Waals surface area contributed by atoms with Crippen LogP contribution in [0.2, 0.25) is 0 Å². The van der Waals surface area contributed by atoms with Gasteiger partial charge in [0.25, 0.3) is 0 Å². The smallest absolute Gasteiger partial charge is 0.416 e. The summed E-state index contributed by atoms with van der Waals surface area (Å²) in [7, 11) is 1.18. The molecule has 0 aliphatic carbocycles. The third-order valence-electron chi connectivity index (χ3n) is 4.00. The van der Waals surface area contributed by atoms with Crippen LogP contribution in [0.25, 0.3) is 0 Å². The number of urea groups is 1. The summed E-state index contributed by atoms with van der Waals surface area (Å²) >= 11 is 0. The number of carbonyl (C=O) groups is 2. The number of amides is 2. The number of hydrogen-bond acceptors (Lipinski definition) is 3. The lowest BCUT2D eigenvalue weighted by molar-refractivity contribution is -0.137. The Morgan fingerprint density at radius 2 is 1.96 bits per heavy atom. The quantitative estimate of drug-likeness (QED) is 0.842. The Balaban J connectivity index is 2.60. The Bertz CT molecular complexity index is 726. The van der Waals surface area contributed by atoms with Gasteiger partial charge in [-0.2, -0.15) is 13.2 Å². The van der Waals surface area contributed by atoms with E-state index in [4.69, 9.17) is 4.74 Å². The fourth-order valence-electron chi connectivity index (χ4n) is 2.90. The van der Waals surface area contributed by atoms with Gasteiger partial charge in [-0.3, -0.25) is 4.90 Å². The van der Waals surface area contributed by atoms with Crippen molar-refractivity contribution in [2.45, 2.75) is 39.0 Å². The minimum Gasteiger partial charge on any atom is -0.466 e. The average Bonchev–Trinajstić information content (AvgIpc) is 2.52. The first-order valence-corrected chi connectivity index (χ1v) is 7.64. The van der Waals surface area contributed by atoms with Gasteiger partial charge in [0.1, 0.15) is 0 Å². The standard InChI is InChI=1S/C17H19F3N2O3/c1-9(2)22-10(3)13(15(23)25-4)14(21-16(22)24)11-6-5-7-12(8-11)17(18,19)20/h5-9,14H,1-4H3,(H,21,24)/t14-/m1/s1. The van der Waals surface area contributed by atoms with Crippen molar-refractivity contribution in [2.24, 2.45) is 0 Å². The first-order valence-electron chi connectivity index (χ1n) is 7.64. The van der Waals surface area contributed by atoms with Gasteiger partial charge in [0.15, 0.2) is 0 Å². The van der Waals surface area contributed by atoms with Crippen molar-refractivity contribution in [3.8, 4) is 0 Å². The molecule has 0 aromatic heterocycles. The number of halogens is 3. The van der Waals surface area contributed by atoms with Gasteiger partial charge in [0.2, 0.25) is 0 Å². The van der Waals surface area contributed by atoms with Crippen LogP contribution < -0.4 is 5.32 Å². The maximum Gasteiger partial charge on any atom is 0.416 e. The molecule has 8 heteroatoms. The number of hydrogen-bond donors (Lipinski definition) is 1. The molecule has 0 unspecified atom stereocenters. The molecule has 2 rings (SSSR count). The van der Waals surface area contributed by atoms with Crippen molar-refractivity contribution < 1.29 is 27.5 Å². The first kappa shape index (κ1) is 18.8. The highest BCUT2D eigenvalue weighted by Crippen LogP contribution is 2.35. The van der Waals surface area contributed by atoms with Crippen molar-refractivity contribution in [3.05, 3.63) is 46.7 Å². The molecule has 0 saturated carbocycles. The third kappa shape index (κ3) is 3.62. The fourth-order valence-corrected chi connectivity index (χ4v) is 2.90. The average molecular weight is 356 g/mol. The molecule has 1 aromatic rings. The van der Waals surface area contributed by atoms with Crippen molar-refractivity contribution in [2.75, 3.05) is 7.11 Å². The Labute approximate surface area is 143 Å². The summed E-state index contributed by atoms with van der Waals surface area (Å²) in [6.45, 7) is 5.11. The van der Waals surface area contributed by atoms with Gasteiger partial charge in [0, 0.05) is 11.7 Å². The maximum absolute atomic E-state index is 13.0. The molecule has 1 atom stereocenters. The second-order valence-electron chi connectivity index (χ2n) is 5.96. The van der Waals surface area contributed by atoms with Crippen LogP contribution in [0.4, 0.5) is 18.0 Å². The molecule has 1 heterocycles. The zero-order valence-electron chi connectivity index (χ0n) is 14.3. The van der Waals surface area contributed by atoms with Crippen molar-refractivity contribution >= 4 is 12.0 Å². The third-order valence-corrected chi connectivity index (χ3v) is 4.00. The van der Waals surface area contributed by atoms with Crippen LogP contribution in [-0.4, -0.2) is 30.1 Å². The summed E-state index contributed by atoms with van der Waals surface area (Å²) in [4.78, 5) is 26.0. The summed E-state index contributed by atoms with van der Waals surface area (Å²) in [6.07, 6.45) is -4.52. The number of alkyl halides is 3. The molecule has 2 amide bonds. The van der Waals surface area contributed by atoms with Crippen molar-refractivity contribution in [1.29, 1.82) is 0 Å². The highest BCUT2D eigenvalue weighted by molar-refractivity contribution is 5.95. The van der Waals surface area contributed by atoms with Gasteiger partial charge in [-0.15, -0.1) is 0 Å². The molecule has 25 heavy (non-hydrogen) atoms. The first-order chi connectivity index (χ1) is 11.6. The van der Waals surface area contributed by atoms with Crippen LogP contribution in [0.15, 0.2) is 35.5 Å². The van der Waals surface area contributed by atoms with E-state index in [1.54, 1.807) is 20.8 Å². The predicted molar refractivity (Wildman–Crippen MR) is 84.4 cm³/mol. The van der Waals surface area contributed by atoms with E-state index in [1.165, 1.54) is 24.1 Å². The number of methoxy groups -OCH3 is 1. The van der Waals surface area contributed by atoms with Crippen LogP contribution in [-0.2, 0) is 15.7 Å². The zero-order chi connectivity index (χ0) is 18.9. The number of esters is 1. The van der Waals surface area contributed by atoms with Gasteiger partial charge < -0.3 is 10.1 Å². The number of allylic oxidation sites excluding steroid dienone is 1. The number of benzene rings is 1. The summed E-state index contributed by atoms with van der Waals surface area (Å²) in [5.74, 6) is -0.703. The molecule has 0 saturated heterocycles. The molecule has 1 aliphatic rings. The zero-order valence-corrected chi connectivity index (χ0v) is 14.3. The van der Waals surface area contributed by atoms with Crippen LogP contribution in [0.1, 0.15) is 37.9 Å². The molecular weight excluding hydrogens is 337 g/mol. The number of nitrogens with zero attached hydrogens (tertiary/aromatic N) is 1. The lowest BCUT2D eigenvalue weighted by Crippen LogP contribution is -2.50. The minimum absolute atomic E-state index is 0.107. The van der Waals surface area contributed by atoms with Crippen LogP contribution in [0, 0.1) is 0 Å². The van der Waals surface area contributed by atoms with Crippen LogP contribution >= 0.6 is 0 Å². The van der Waals surface area contributed by atoms with Gasteiger partial charge >= 0.3 is 18.2 Å². The van der Waals surface area contributed by atoms with E-state index in [2.05, 4.69) is 5.32 Å². The fraction of sp³-hybridized carbons (Fsp3) is 0.412. The molecule has 1 N–H and O–H groups in total. The molecule has 1 aromatic carbocycles. The Morgan fingerprint density at radius 3 is 2.48 bits per heavy atom. The van der Waals surface area contributed by atoms with E-state index in [9.17, 15) is 22.8 Å². The summed E-state index contributed by atoms with van der Waals surface area (Å²) in [6, 6.07) is 2.79. The molecule has 0 spiro atoms. The summed E-state index contributed by atoms with van der Waals surface area (Å²) in [5, 5.41) is 2.60. The van der Waals surface area contributed by atoms with E-state index in [0.29, 0.717) is 5.70 Å². The monoisotopic (exact) mass is 356 g/mol. The normalized spacial score (nSPS) is 18.5. The topological polar surface area (TPSA) is 58.6 Å². The number of rotatable bonds is 3. The van der Waals surface area contributed by atoms with E-state index in [1.807, 2.05) is 0 Å². The molecular formula is C17H19F3N2O3. The van der Waals surface area contributed by atoms with Gasteiger partial charge in [-0.1, -0.05) is 12.1 Å². The van der Waals surface area contributed by atoms with E-state index >= 15 is 0 Å². The lowest BCUT2D eigenvalue weighted by Gasteiger charge is -2.37. The second kappa shape index (κ2) is 6.78. The minimum atomic E-state index is -4.52. The Morgan fingerprint density at radius 1 is 1.32 bits per heavy atom. The number of nitrogens with one attached hydrogen (secondary N) is 1. The highest BCUT2D eigenvalue weighted by atomic mass is 19.4. The molecule has 1 aliphatic heterocycles. The maximum atomic E-state index is 13.0. The van der Waals surface area contributed by atoms with Crippen molar-refractivity contribution in [3.63, 3.8) is 0 Å². The number of carbonyl (C=O) groups excluding carboxylic acids is 2. The van der Waals surface area contributed by atoms with Crippen LogP contribution in [0.3, 0.4) is 0 Å². The second-order valence-corrected chi connectivity index (χ2v) is 5.96. The van der Waals surface area contributed by atoms with E-state index in [-0.39, 0.29) is 17.2 Å². The highest BCUT2D eigenvalue weighted by Gasteiger charge is 2.38. The Hall–Kier alpha value is -2.51. The molecule has 0 fully saturated rings. The summed E-state index contributed by atoms with van der Waals surface area (Å²) < 4.78 is 43.7. The number of ether oxygens (including phenoxy) is 1. The van der Waals surface area contributed by atoms with E-state index in [0.717, 1.165) is 12.1 Å². The largest absolute Gasteiger partial charge is 0.466 e. The molecule has 0 bridgehead atoms. The van der Waals surface area contributed by atoms with Gasteiger partial charge in [-0.05, 0) is 38.5 Å². The van der Waals surface area contributed by atoms with Gasteiger partial charge in [-0.25, -0.2) is 9.59 Å². The predicted octanol–water partition coefficient (Wildman–Crippen LogP) is 3.63. The molecule has 0 radical (unpaired) electrons. The summed E-state index contributed by atoms with van der Waals surface area (Å²) in [5.41, 5.74) is -0.234. The SMILES string of the molecule is COC(=O)C1=C(C)N(C(C)C)C(=O)N[C@@H]1c1cccc(C(F)(F)F)c1. The van der Waals surface area contributed by atoms with Crippen molar-refractivity contribution in [1.82, 2.24) is 10.2 Å². The molecule has 136 valence electrons. The molecule has 5 nitrogen and oxygen atoms in total. The Kier molecular flexibility index (Phi) is 5.10. The van der Waals surface area contributed by atoms with Crippen LogP contribution in [0.5, 0.6) is 0 Å².